The van der Waals surface area contributed by atoms with Crippen LogP contribution in [0.15, 0.2) is 209 Å². The third-order valence-electron chi connectivity index (χ3n) is 14.8. The first-order valence-corrected chi connectivity index (χ1v) is 24.6. The molecule has 6 nitrogen and oxygen atoms in total. The summed E-state index contributed by atoms with van der Waals surface area (Å²) in [5, 5.41) is 30.4. The minimum Gasteiger partial charge on any atom is -0.458 e. The van der Waals surface area contributed by atoms with E-state index in [2.05, 4.69) is 174 Å². The topological polar surface area (TPSA) is 80.3 Å². The minimum atomic E-state index is 0.585. The SMILES string of the molecule is N#Cc1ccc(N(c2ccc3ccc4c(N(c5ccc(C#N)cc5-c5ccccc5)c5cccc6c7c(oc56)CCC=C7)ccc5ccc2c3c54)c2cccc3c2oc2ccccc23)c(C2=CC=CCC2)c1. The monoisotopic (exact) mass is 922 g/mol. The molecule has 0 spiro atoms. The fraction of sp³-hybridized carbons (Fsp3) is 0.0606. The van der Waals surface area contributed by atoms with E-state index >= 15 is 0 Å². The number of rotatable bonds is 8. The standard InChI is InChI=1S/C66H42N4O2/c67-39-41-25-33-57(53(37-41)43-13-3-1-4-14-43)69(59-21-11-19-49-47-17-7-9-23-61(47)71-65(49)59)55-35-29-45-28-32-52-56(36-30-46-27-31-51(55)63(45)64(46)52)70(58-34-26-42(40-68)38-54(58)44-15-5-2-6-16-44)60-22-12-20-50-48-18-8-10-24-62(48)72-66(50)60/h1-5,7-8,10-15,17-22,24-38H,6,9,16,23H2. The Morgan fingerprint density at radius 2 is 1.03 bits per heavy atom. The zero-order valence-electron chi connectivity index (χ0n) is 39.1. The molecule has 0 atom stereocenters. The van der Waals surface area contributed by atoms with Crippen LogP contribution in [-0.2, 0) is 6.42 Å². The van der Waals surface area contributed by atoms with Gasteiger partial charge < -0.3 is 18.6 Å². The summed E-state index contributed by atoms with van der Waals surface area (Å²) in [6.45, 7) is 0. The maximum Gasteiger partial charge on any atom is 0.159 e. The van der Waals surface area contributed by atoms with Crippen LogP contribution in [-0.4, -0.2) is 0 Å². The quantitative estimate of drug-likeness (QED) is 0.141. The van der Waals surface area contributed by atoms with Crippen molar-refractivity contribution in [2.24, 2.45) is 0 Å². The van der Waals surface area contributed by atoms with Crippen molar-refractivity contribution in [3.8, 4) is 23.3 Å². The predicted molar refractivity (Wildman–Crippen MR) is 295 cm³/mol. The van der Waals surface area contributed by atoms with Gasteiger partial charge >= 0.3 is 0 Å². The van der Waals surface area contributed by atoms with Crippen LogP contribution in [0.5, 0.6) is 0 Å². The number of benzene rings is 10. The van der Waals surface area contributed by atoms with E-state index in [9.17, 15) is 10.5 Å². The van der Waals surface area contributed by atoms with Crippen molar-refractivity contribution in [2.45, 2.75) is 25.7 Å². The van der Waals surface area contributed by atoms with Crippen LogP contribution in [0, 0.1) is 22.7 Å². The van der Waals surface area contributed by atoms with Gasteiger partial charge in [-0.1, -0.05) is 140 Å². The second-order valence-electron chi connectivity index (χ2n) is 18.8. The number of anilines is 6. The maximum absolute atomic E-state index is 10.3. The van der Waals surface area contributed by atoms with Gasteiger partial charge in [0.2, 0.25) is 0 Å². The molecule has 0 N–H and O–H groups in total. The summed E-state index contributed by atoms with van der Waals surface area (Å²) in [5.41, 5.74) is 14.6. The van der Waals surface area contributed by atoms with E-state index in [1.807, 2.05) is 54.6 Å². The predicted octanol–water partition coefficient (Wildman–Crippen LogP) is 18.3. The second kappa shape index (κ2) is 16.5. The largest absolute Gasteiger partial charge is 0.458 e. The number of nitrogens with zero attached hydrogens (tertiary/aromatic N) is 4. The average Bonchev–Trinajstić information content (AvgIpc) is 4.03. The number of fused-ring (bicyclic) bond motifs is 6. The van der Waals surface area contributed by atoms with Gasteiger partial charge in [0.25, 0.3) is 0 Å². The third kappa shape index (κ3) is 6.40. The summed E-state index contributed by atoms with van der Waals surface area (Å²) >= 11 is 0. The molecular weight excluding hydrogens is 881 g/mol. The molecule has 0 fully saturated rings. The average molecular weight is 923 g/mol. The molecule has 2 heterocycles. The van der Waals surface area contributed by atoms with Crippen molar-refractivity contribution in [3.63, 3.8) is 0 Å². The van der Waals surface area contributed by atoms with Crippen LogP contribution in [0.4, 0.5) is 34.1 Å². The number of para-hydroxylation sites is 3. The Kier molecular flexibility index (Phi) is 9.49. The molecule has 14 rings (SSSR count). The lowest BCUT2D eigenvalue weighted by molar-refractivity contribution is 0.546. The summed E-state index contributed by atoms with van der Waals surface area (Å²) in [5.74, 6) is 0.996. The maximum atomic E-state index is 10.3. The highest BCUT2D eigenvalue weighted by molar-refractivity contribution is 6.29. The lowest BCUT2D eigenvalue weighted by atomic mass is 9.90. The van der Waals surface area contributed by atoms with Crippen molar-refractivity contribution in [1.29, 1.82) is 10.5 Å². The van der Waals surface area contributed by atoms with Gasteiger partial charge in [-0.25, -0.2) is 0 Å². The lowest BCUT2D eigenvalue weighted by Gasteiger charge is -2.31. The number of aryl methyl sites for hydroxylation is 1. The molecular formula is C66H42N4O2. The Bertz CT molecular complexity index is 4380. The van der Waals surface area contributed by atoms with Gasteiger partial charge in [-0.15, -0.1) is 0 Å². The van der Waals surface area contributed by atoms with Crippen molar-refractivity contribution < 1.29 is 8.83 Å². The molecule has 0 bridgehead atoms. The first-order valence-electron chi connectivity index (χ1n) is 24.6. The van der Waals surface area contributed by atoms with Gasteiger partial charge in [0.1, 0.15) is 11.3 Å². The number of hydrogen-bond donors (Lipinski definition) is 0. The van der Waals surface area contributed by atoms with Crippen LogP contribution in [0.1, 0.15) is 47.3 Å². The zero-order valence-corrected chi connectivity index (χ0v) is 39.1. The van der Waals surface area contributed by atoms with Crippen molar-refractivity contribution in [1.82, 2.24) is 0 Å². The molecule has 0 unspecified atom stereocenters. The summed E-state index contributed by atoms with van der Waals surface area (Å²) in [7, 11) is 0. The van der Waals surface area contributed by atoms with E-state index in [-0.39, 0.29) is 0 Å². The van der Waals surface area contributed by atoms with Crippen LogP contribution in [0.2, 0.25) is 0 Å². The molecule has 6 heteroatoms. The van der Waals surface area contributed by atoms with Crippen LogP contribution in [0.3, 0.4) is 0 Å². The van der Waals surface area contributed by atoms with Crippen molar-refractivity contribution in [2.75, 3.05) is 9.80 Å². The summed E-state index contributed by atoms with van der Waals surface area (Å²) < 4.78 is 13.8. The molecule has 2 aliphatic rings. The number of allylic oxidation sites excluding steroid dienone is 5. The number of hydrogen-bond acceptors (Lipinski definition) is 6. The lowest BCUT2D eigenvalue weighted by Crippen LogP contribution is -2.14. The van der Waals surface area contributed by atoms with E-state index in [1.165, 1.54) is 5.57 Å². The first kappa shape index (κ1) is 41.4. The highest BCUT2D eigenvalue weighted by atomic mass is 16.3. The Labute approximate surface area is 415 Å². The van der Waals surface area contributed by atoms with E-state index < -0.39 is 0 Å². The molecule has 12 aromatic rings. The van der Waals surface area contributed by atoms with Gasteiger partial charge in [-0.2, -0.15) is 10.5 Å². The fourth-order valence-corrected chi connectivity index (χ4v) is 11.5. The van der Waals surface area contributed by atoms with Crippen molar-refractivity contribution in [3.05, 3.63) is 228 Å². The molecule has 2 aliphatic carbocycles. The molecule has 10 aromatic carbocycles. The van der Waals surface area contributed by atoms with Gasteiger partial charge in [-0.3, -0.25) is 0 Å². The highest BCUT2D eigenvalue weighted by Crippen LogP contribution is 2.52. The van der Waals surface area contributed by atoms with Gasteiger partial charge in [-0.05, 0) is 119 Å². The molecule has 0 amide bonds. The second-order valence-corrected chi connectivity index (χ2v) is 18.8. The summed E-state index contributed by atoms with van der Waals surface area (Å²) in [4.78, 5) is 4.71. The summed E-state index contributed by atoms with van der Waals surface area (Å²) in [6.07, 6.45) is 14.5. The Hall–Kier alpha value is -9.62. The van der Waals surface area contributed by atoms with E-state index in [0.717, 1.165) is 153 Å². The number of furan rings is 2. The fourth-order valence-electron chi connectivity index (χ4n) is 11.5. The molecule has 0 saturated heterocycles. The minimum absolute atomic E-state index is 0.585. The zero-order chi connectivity index (χ0) is 47.9. The third-order valence-corrected chi connectivity index (χ3v) is 14.8. The van der Waals surface area contributed by atoms with Crippen molar-refractivity contribution >= 4 is 111 Å². The highest BCUT2D eigenvalue weighted by Gasteiger charge is 2.29. The van der Waals surface area contributed by atoms with Gasteiger partial charge in [0.15, 0.2) is 11.2 Å². The molecule has 0 radical (unpaired) electrons. The molecule has 338 valence electrons. The molecule has 2 aromatic heterocycles. The molecule has 0 aliphatic heterocycles. The van der Waals surface area contributed by atoms with E-state index in [1.54, 1.807) is 0 Å². The van der Waals surface area contributed by atoms with Crippen LogP contribution in [0.25, 0.3) is 88.0 Å². The van der Waals surface area contributed by atoms with Gasteiger partial charge in [0, 0.05) is 50.0 Å². The molecule has 0 saturated carbocycles. The van der Waals surface area contributed by atoms with Crippen LogP contribution >= 0.6 is 0 Å². The van der Waals surface area contributed by atoms with E-state index in [4.69, 9.17) is 8.83 Å². The Balaban J connectivity index is 1.06. The van der Waals surface area contributed by atoms with Crippen LogP contribution < -0.4 is 9.80 Å². The number of nitriles is 2. The Morgan fingerprint density at radius 1 is 0.444 bits per heavy atom. The van der Waals surface area contributed by atoms with Gasteiger partial charge in [0.05, 0.1) is 57.4 Å². The summed E-state index contributed by atoms with van der Waals surface area (Å²) in [6, 6.07) is 66.4. The Morgan fingerprint density at radius 3 is 1.71 bits per heavy atom. The first-order chi connectivity index (χ1) is 35.6. The normalized spacial score (nSPS) is 13.3. The smallest absolute Gasteiger partial charge is 0.159 e. The molecule has 72 heavy (non-hydrogen) atoms. The van der Waals surface area contributed by atoms with E-state index in [0.29, 0.717) is 11.1 Å².